The van der Waals surface area contributed by atoms with Gasteiger partial charge in [0, 0.05) is 29.2 Å². The summed E-state index contributed by atoms with van der Waals surface area (Å²) in [5.41, 5.74) is 7.48. The zero-order valence-corrected chi connectivity index (χ0v) is 18.5. The van der Waals surface area contributed by atoms with Gasteiger partial charge in [-0.2, -0.15) is 0 Å². The zero-order chi connectivity index (χ0) is 24.8. The number of hydrogen-bond donors (Lipinski definition) is 5. The van der Waals surface area contributed by atoms with Crippen LogP contribution in [0.15, 0.2) is 65.7 Å². The Balaban J connectivity index is 1.80. The molecule has 0 saturated carbocycles. The molecular formula is C24H22N8O3. The fourth-order valence-electron chi connectivity index (χ4n) is 3.35. The predicted octanol–water partition coefficient (Wildman–Crippen LogP) is 1.19. The Labute approximate surface area is 200 Å². The minimum atomic E-state index is -0.666. The Morgan fingerprint density at radius 2 is 2.00 bits per heavy atom. The number of nitrogens with two attached hydrogens (primary N) is 1. The van der Waals surface area contributed by atoms with Crippen molar-refractivity contribution >= 4 is 11.5 Å². The molecule has 1 unspecified atom stereocenters. The molecule has 0 radical (unpaired) electrons. The van der Waals surface area contributed by atoms with Crippen molar-refractivity contribution in [2.24, 2.45) is 5.73 Å². The lowest BCUT2D eigenvalue weighted by atomic mass is 10.0. The van der Waals surface area contributed by atoms with E-state index in [-0.39, 0.29) is 30.8 Å². The van der Waals surface area contributed by atoms with Crippen molar-refractivity contribution in [1.29, 1.82) is 5.41 Å². The second-order valence-corrected chi connectivity index (χ2v) is 7.35. The fraction of sp³-hybridized carbons (Fsp3) is 0.125. The molecule has 2 aromatic carbocycles. The second-order valence-electron chi connectivity index (χ2n) is 7.35. The number of aromatic nitrogens is 5. The molecule has 0 amide bonds. The molecule has 35 heavy (non-hydrogen) atoms. The molecule has 6 N–H and O–H groups in total. The van der Waals surface area contributed by atoms with Crippen LogP contribution >= 0.6 is 0 Å². The Kier molecular flexibility index (Phi) is 6.85. The molecule has 0 fully saturated rings. The van der Waals surface area contributed by atoms with Crippen LogP contribution in [0.5, 0.6) is 5.75 Å². The highest BCUT2D eigenvalue weighted by Crippen LogP contribution is 2.28. The maximum absolute atomic E-state index is 12.7. The van der Waals surface area contributed by atoms with Crippen molar-refractivity contribution in [1.82, 2.24) is 24.7 Å². The highest BCUT2D eigenvalue weighted by atomic mass is 16.5. The Hall–Kier alpha value is -4.95. The quantitative estimate of drug-likeness (QED) is 0.138. The van der Waals surface area contributed by atoms with Gasteiger partial charge in [0.25, 0.3) is 5.95 Å². The van der Waals surface area contributed by atoms with Gasteiger partial charge in [0.1, 0.15) is 24.2 Å². The van der Waals surface area contributed by atoms with Crippen LogP contribution in [0.1, 0.15) is 28.6 Å². The van der Waals surface area contributed by atoms with E-state index in [1.807, 2.05) is 0 Å². The number of aliphatic hydroxyl groups is 1. The van der Waals surface area contributed by atoms with Crippen molar-refractivity contribution < 1.29 is 9.84 Å². The molecule has 1 atom stereocenters. The number of nitrogen functional groups attached to an aromatic ring is 1. The Morgan fingerprint density at radius 3 is 2.66 bits per heavy atom. The molecule has 11 nitrogen and oxygen atoms in total. The maximum atomic E-state index is 12.7. The van der Waals surface area contributed by atoms with Crippen molar-refractivity contribution in [3.8, 4) is 24.0 Å². The van der Waals surface area contributed by atoms with Crippen molar-refractivity contribution in [2.75, 3.05) is 18.5 Å². The van der Waals surface area contributed by atoms with Crippen LogP contribution in [0.25, 0.3) is 5.95 Å². The lowest BCUT2D eigenvalue weighted by Gasteiger charge is -2.20. The van der Waals surface area contributed by atoms with Gasteiger partial charge >= 0.3 is 5.69 Å². The Morgan fingerprint density at radius 1 is 1.26 bits per heavy atom. The van der Waals surface area contributed by atoms with E-state index in [1.165, 1.54) is 12.4 Å². The Bertz CT molecular complexity index is 1420. The molecular weight excluding hydrogens is 448 g/mol. The van der Waals surface area contributed by atoms with Gasteiger partial charge in [-0.15, -0.1) is 16.2 Å². The van der Waals surface area contributed by atoms with Gasteiger partial charge in [-0.3, -0.25) is 10.4 Å². The average Bonchev–Trinajstić information content (AvgIpc) is 3.27. The van der Waals surface area contributed by atoms with E-state index in [2.05, 4.69) is 31.3 Å². The van der Waals surface area contributed by atoms with Crippen molar-refractivity contribution in [3.05, 3.63) is 93.9 Å². The number of hydrogen-bond acceptors (Lipinski definition) is 8. The third-order valence-corrected chi connectivity index (χ3v) is 4.95. The first kappa shape index (κ1) is 23.2. The van der Waals surface area contributed by atoms with Crippen LogP contribution in [0.3, 0.4) is 0 Å². The fourth-order valence-corrected chi connectivity index (χ4v) is 3.35. The standard InChI is InChI=1S/C24H22N8O3/c1-2-15-12-17(14-19(13-15)35-11-10-33)20(29-18-6-4-16(5-7-18)21(25)26)22-30-24(34)32(31-22)23-27-8-3-9-28-23/h1,3-9,12-14,20,29,33H,10-11H2,(H3,25,26)(H,30,31,34). The summed E-state index contributed by atoms with van der Waals surface area (Å²) in [6.07, 6.45) is 8.68. The lowest BCUT2D eigenvalue weighted by Crippen LogP contribution is -2.18. The number of benzene rings is 2. The predicted molar refractivity (Wildman–Crippen MR) is 130 cm³/mol. The molecule has 4 rings (SSSR count). The molecule has 0 aliphatic rings. The molecule has 4 aromatic rings. The summed E-state index contributed by atoms with van der Waals surface area (Å²) in [4.78, 5) is 23.6. The van der Waals surface area contributed by atoms with Gasteiger partial charge in [0.05, 0.1) is 6.61 Å². The number of H-pyrrole nitrogens is 1. The van der Waals surface area contributed by atoms with Crippen LogP contribution in [-0.4, -0.2) is 48.9 Å². The van der Waals surface area contributed by atoms with E-state index in [1.54, 1.807) is 48.5 Å². The van der Waals surface area contributed by atoms with E-state index in [9.17, 15) is 4.79 Å². The van der Waals surface area contributed by atoms with E-state index in [0.717, 1.165) is 4.68 Å². The van der Waals surface area contributed by atoms with Crippen molar-refractivity contribution in [2.45, 2.75) is 6.04 Å². The number of anilines is 1. The van der Waals surface area contributed by atoms with Crippen LogP contribution in [0.4, 0.5) is 5.69 Å². The van der Waals surface area contributed by atoms with Crippen LogP contribution in [0.2, 0.25) is 0 Å². The summed E-state index contributed by atoms with van der Waals surface area (Å²) in [7, 11) is 0. The van der Waals surface area contributed by atoms with E-state index in [0.29, 0.717) is 28.1 Å². The number of nitrogens with zero attached hydrogens (tertiary/aromatic N) is 4. The van der Waals surface area contributed by atoms with Crippen LogP contribution in [-0.2, 0) is 0 Å². The van der Waals surface area contributed by atoms with Gasteiger partial charge in [-0.1, -0.05) is 5.92 Å². The average molecular weight is 470 g/mol. The minimum absolute atomic E-state index is 0.0496. The smallest absolute Gasteiger partial charge is 0.350 e. The topological polar surface area (TPSA) is 168 Å². The van der Waals surface area contributed by atoms with Gasteiger partial charge in [0.2, 0.25) is 0 Å². The van der Waals surface area contributed by atoms with E-state index in [4.69, 9.17) is 27.4 Å². The first-order chi connectivity index (χ1) is 17.0. The van der Waals surface area contributed by atoms with Gasteiger partial charge < -0.3 is 20.9 Å². The summed E-state index contributed by atoms with van der Waals surface area (Å²) in [6, 6.07) is 13.1. The molecule has 0 aliphatic carbocycles. The zero-order valence-electron chi connectivity index (χ0n) is 18.5. The highest BCUT2D eigenvalue weighted by Gasteiger charge is 2.22. The van der Waals surface area contributed by atoms with Gasteiger partial charge in [0.15, 0.2) is 5.82 Å². The molecule has 2 heterocycles. The van der Waals surface area contributed by atoms with Crippen LogP contribution in [0, 0.1) is 17.8 Å². The SMILES string of the molecule is C#Cc1cc(OCCO)cc(C(Nc2ccc(C(=N)N)cc2)c2nn(-c3ncccn3)c(=O)[nH]2)c1. The highest BCUT2D eigenvalue weighted by molar-refractivity contribution is 5.95. The molecule has 176 valence electrons. The molecule has 0 saturated heterocycles. The summed E-state index contributed by atoms with van der Waals surface area (Å²) < 4.78 is 6.65. The monoisotopic (exact) mass is 470 g/mol. The van der Waals surface area contributed by atoms with Gasteiger partial charge in [-0.05, 0) is 54.1 Å². The third-order valence-electron chi connectivity index (χ3n) is 4.95. The first-order valence-electron chi connectivity index (χ1n) is 10.5. The number of nitrogens with one attached hydrogen (secondary N) is 3. The second kappa shape index (κ2) is 10.3. The number of amidine groups is 1. The molecule has 2 aromatic heterocycles. The summed E-state index contributed by atoms with van der Waals surface area (Å²) in [5.74, 6) is 3.39. The number of aliphatic hydroxyl groups excluding tert-OH is 1. The number of ether oxygens (including phenoxy) is 1. The summed E-state index contributed by atoms with van der Waals surface area (Å²) in [5, 5.41) is 24.5. The molecule has 11 heteroatoms. The molecule has 0 spiro atoms. The molecule has 0 bridgehead atoms. The number of aromatic amines is 1. The molecule has 0 aliphatic heterocycles. The van der Waals surface area contributed by atoms with Crippen LogP contribution < -0.4 is 21.5 Å². The summed E-state index contributed by atoms with van der Waals surface area (Å²) in [6.45, 7) is -0.0660. The third kappa shape index (κ3) is 5.35. The number of terminal acetylenes is 1. The van der Waals surface area contributed by atoms with Crippen molar-refractivity contribution in [3.63, 3.8) is 0 Å². The van der Waals surface area contributed by atoms with Gasteiger partial charge in [-0.25, -0.2) is 14.8 Å². The van der Waals surface area contributed by atoms with E-state index >= 15 is 0 Å². The first-order valence-corrected chi connectivity index (χ1v) is 10.5. The minimum Gasteiger partial charge on any atom is -0.491 e. The van der Waals surface area contributed by atoms with E-state index < -0.39 is 11.7 Å². The normalized spacial score (nSPS) is 11.4. The lowest BCUT2D eigenvalue weighted by molar-refractivity contribution is 0.201. The summed E-state index contributed by atoms with van der Waals surface area (Å²) >= 11 is 0. The number of rotatable bonds is 9. The largest absolute Gasteiger partial charge is 0.491 e. The maximum Gasteiger partial charge on any atom is 0.350 e.